The Bertz CT molecular complexity index is 728. The number of esters is 1. The zero-order valence-electron chi connectivity index (χ0n) is 15.3. The quantitative estimate of drug-likeness (QED) is 0.675. The zero-order valence-corrected chi connectivity index (χ0v) is 16.1. The SMILES string of the molecule is COC(=O)C1CCN(C(=O)CN(c2ccccc2)S(=O)(=O)N(C)C)CC1. The molecule has 0 radical (unpaired) electrons. The van der Waals surface area contributed by atoms with E-state index in [0.29, 0.717) is 31.6 Å². The second kappa shape index (κ2) is 8.50. The molecular weight excluding hydrogens is 358 g/mol. The van der Waals surface area contributed by atoms with E-state index in [9.17, 15) is 18.0 Å². The van der Waals surface area contributed by atoms with Gasteiger partial charge in [-0.15, -0.1) is 0 Å². The van der Waals surface area contributed by atoms with Gasteiger partial charge in [-0.1, -0.05) is 18.2 Å². The smallest absolute Gasteiger partial charge is 0.308 e. The number of amides is 1. The second-order valence-corrected chi connectivity index (χ2v) is 8.38. The van der Waals surface area contributed by atoms with Crippen LogP contribution in [0.3, 0.4) is 0 Å². The van der Waals surface area contributed by atoms with Crippen molar-refractivity contribution in [2.75, 3.05) is 45.1 Å². The molecule has 0 N–H and O–H groups in total. The number of hydrogen-bond donors (Lipinski definition) is 0. The molecule has 0 aromatic heterocycles. The fraction of sp³-hybridized carbons (Fsp3) is 0.529. The molecule has 1 aromatic carbocycles. The van der Waals surface area contributed by atoms with Crippen LogP contribution in [0.2, 0.25) is 0 Å². The summed E-state index contributed by atoms with van der Waals surface area (Å²) in [7, 11) is 0.398. The summed E-state index contributed by atoms with van der Waals surface area (Å²) in [5.74, 6) is -0.763. The highest BCUT2D eigenvalue weighted by Gasteiger charge is 2.32. The number of rotatable bonds is 6. The molecule has 144 valence electrons. The van der Waals surface area contributed by atoms with E-state index >= 15 is 0 Å². The first kappa shape index (κ1) is 20.2. The summed E-state index contributed by atoms with van der Waals surface area (Å²) in [5, 5.41) is 0. The van der Waals surface area contributed by atoms with E-state index in [1.165, 1.54) is 21.2 Å². The summed E-state index contributed by atoms with van der Waals surface area (Å²) in [6.45, 7) is 0.528. The monoisotopic (exact) mass is 383 g/mol. The van der Waals surface area contributed by atoms with Gasteiger partial charge in [0.25, 0.3) is 0 Å². The number of carbonyl (C=O) groups excluding carboxylic acids is 2. The molecule has 0 saturated carbocycles. The van der Waals surface area contributed by atoms with Crippen molar-refractivity contribution >= 4 is 27.8 Å². The Balaban J connectivity index is 2.12. The predicted molar refractivity (Wildman–Crippen MR) is 97.7 cm³/mol. The number of nitrogens with zero attached hydrogens (tertiary/aromatic N) is 3. The summed E-state index contributed by atoms with van der Waals surface area (Å²) < 4.78 is 32.2. The van der Waals surface area contributed by atoms with Gasteiger partial charge in [-0.3, -0.25) is 9.59 Å². The number of ether oxygens (including phenoxy) is 1. The number of anilines is 1. The van der Waals surface area contributed by atoms with E-state index in [1.54, 1.807) is 35.2 Å². The summed E-state index contributed by atoms with van der Waals surface area (Å²) in [6.07, 6.45) is 1.04. The Morgan fingerprint density at radius 2 is 1.73 bits per heavy atom. The molecule has 0 atom stereocenters. The number of carbonyl (C=O) groups is 2. The Morgan fingerprint density at radius 1 is 1.15 bits per heavy atom. The van der Waals surface area contributed by atoms with Crippen molar-refractivity contribution in [2.24, 2.45) is 5.92 Å². The molecule has 9 heteroatoms. The minimum atomic E-state index is -3.81. The molecule has 8 nitrogen and oxygen atoms in total. The first-order valence-electron chi connectivity index (χ1n) is 8.38. The molecule has 0 unspecified atom stereocenters. The van der Waals surface area contributed by atoms with Crippen LogP contribution < -0.4 is 4.31 Å². The van der Waals surface area contributed by atoms with Gasteiger partial charge in [-0.2, -0.15) is 12.7 Å². The first-order chi connectivity index (χ1) is 12.3. The summed E-state index contributed by atoms with van der Waals surface area (Å²) in [5.41, 5.74) is 0.430. The summed E-state index contributed by atoms with van der Waals surface area (Å²) >= 11 is 0. The highest BCUT2D eigenvalue weighted by atomic mass is 32.2. The molecule has 1 aliphatic rings. The minimum absolute atomic E-state index is 0.209. The molecule has 1 saturated heterocycles. The van der Waals surface area contributed by atoms with Crippen molar-refractivity contribution in [3.05, 3.63) is 30.3 Å². The normalized spacial score (nSPS) is 15.8. The minimum Gasteiger partial charge on any atom is -0.469 e. The Kier molecular flexibility index (Phi) is 6.60. The van der Waals surface area contributed by atoms with Crippen molar-refractivity contribution in [2.45, 2.75) is 12.8 Å². The van der Waals surface area contributed by atoms with E-state index in [0.717, 1.165) is 8.61 Å². The summed E-state index contributed by atoms with van der Waals surface area (Å²) in [4.78, 5) is 25.9. The molecule has 2 rings (SSSR count). The maximum absolute atomic E-state index is 12.7. The molecule has 1 fully saturated rings. The molecule has 0 aliphatic carbocycles. The van der Waals surface area contributed by atoms with Crippen LogP contribution in [-0.4, -0.2) is 70.3 Å². The lowest BCUT2D eigenvalue weighted by Crippen LogP contribution is -2.49. The van der Waals surface area contributed by atoms with E-state index < -0.39 is 10.2 Å². The third-order valence-electron chi connectivity index (χ3n) is 4.45. The van der Waals surface area contributed by atoms with Gasteiger partial charge < -0.3 is 9.64 Å². The van der Waals surface area contributed by atoms with Gasteiger partial charge in [0.2, 0.25) is 5.91 Å². The lowest BCUT2D eigenvalue weighted by atomic mass is 9.97. The number of hydrogen-bond acceptors (Lipinski definition) is 5. The summed E-state index contributed by atoms with van der Waals surface area (Å²) in [6, 6.07) is 8.53. The van der Waals surface area contributed by atoms with Crippen LogP contribution >= 0.6 is 0 Å². The Labute approximate surface area is 154 Å². The van der Waals surface area contributed by atoms with E-state index in [1.807, 2.05) is 0 Å². The third kappa shape index (κ3) is 4.53. The molecular formula is C17H25N3O5S. The molecule has 1 amide bonds. The van der Waals surface area contributed by atoms with Crippen molar-refractivity contribution in [3.63, 3.8) is 0 Å². The lowest BCUT2D eigenvalue weighted by Gasteiger charge is -2.33. The zero-order chi connectivity index (χ0) is 19.3. The average molecular weight is 383 g/mol. The highest BCUT2D eigenvalue weighted by Crippen LogP contribution is 2.22. The Morgan fingerprint density at radius 3 is 2.23 bits per heavy atom. The van der Waals surface area contributed by atoms with Crippen LogP contribution in [0.5, 0.6) is 0 Å². The number of para-hydroxylation sites is 1. The van der Waals surface area contributed by atoms with E-state index in [-0.39, 0.29) is 24.3 Å². The van der Waals surface area contributed by atoms with E-state index in [4.69, 9.17) is 4.74 Å². The number of methoxy groups -OCH3 is 1. The Hall–Kier alpha value is -2.13. The maximum Gasteiger partial charge on any atom is 0.308 e. The van der Waals surface area contributed by atoms with Crippen LogP contribution in [0.4, 0.5) is 5.69 Å². The number of likely N-dealkylation sites (tertiary alicyclic amines) is 1. The van der Waals surface area contributed by atoms with Crippen LogP contribution in [-0.2, 0) is 24.5 Å². The fourth-order valence-corrected chi connectivity index (χ4v) is 3.91. The van der Waals surface area contributed by atoms with Crippen LogP contribution in [0.15, 0.2) is 30.3 Å². The lowest BCUT2D eigenvalue weighted by molar-refractivity contribution is -0.148. The van der Waals surface area contributed by atoms with Crippen LogP contribution in [0, 0.1) is 5.92 Å². The van der Waals surface area contributed by atoms with Crippen molar-refractivity contribution < 1.29 is 22.7 Å². The average Bonchev–Trinajstić information content (AvgIpc) is 2.65. The molecule has 26 heavy (non-hydrogen) atoms. The largest absolute Gasteiger partial charge is 0.469 e. The fourth-order valence-electron chi connectivity index (χ4n) is 2.85. The van der Waals surface area contributed by atoms with Gasteiger partial charge in [-0.05, 0) is 25.0 Å². The standard InChI is InChI=1S/C17H25N3O5S/c1-18(2)26(23,24)20(15-7-5-4-6-8-15)13-16(21)19-11-9-14(10-12-19)17(22)25-3/h4-8,14H,9-13H2,1-3H3. The maximum atomic E-state index is 12.7. The van der Waals surface area contributed by atoms with Gasteiger partial charge in [0, 0.05) is 27.2 Å². The molecule has 0 bridgehead atoms. The van der Waals surface area contributed by atoms with Crippen molar-refractivity contribution in [1.82, 2.24) is 9.21 Å². The topological polar surface area (TPSA) is 87.2 Å². The van der Waals surface area contributed by atoms with Gasteiger partial charge in [-0.25, -0.2) is 4.31 Å². The van der Waals surface area contributed by atoms with Gasteiger partial charge in [0.1, 0.15) is 6.54 Å². The molecule has 0 spiro atoms. The highest BCUT2D eigenvalue weighted by molar-refractivity contribution is 7.90. The van der Waals surface area contributed by atoms with Crippen molar-refractivity contribution in [3.8, 4) is 0 Å². The van der Waals surface area contributed by atoms with Crippen LogP contribution in [0.1, 0.15) is 12.8 Å². The van der Waals surface area contributed by atoms with Gasteiger partial charge in [0.15, 0.2) is 0 Å². The van der Waals surface area contributed by atoms with Crippen molar-refractivity contribution in [1.29, 1.82) is 0 Å². The van der Waals surface area contributed by atoms with Gasteiger partial charge >= 0.3 is 16.2 Å². The van der Waals surface area contributed by atoms with Crippen LogP contribution in [0.25, 0.3) is 0 Å². The van der Waals surface area contributed by atoms with E-state index in [2.05, 4.69) is 0 Å². The number of piperidine rings is 1. The predicted octanol–water partition coefficient (Wildman–Crippen LogP) is 0.711. The third-order valence-corrected chi connectivity index (χ3v) is 6.26. The molecule has 1 aliphatic heterocycles. The molecule has 1 aromatic rings. The number of benzene rings is 1. The van der Waals surface area contributed by atoms with Gasteiger partial charge in [0.05, 0.1) is 18.7 Å². The first-order valence-corrected chi connectivity index (χ1v) is 9.78. The second-order valence-electron chi connectivity index (χ2n) is 6.31. The molecule has 1 heterocycles.